The van der Waals surface area contributed by atoms with Crippen molar-refractivity contribution in [2.75, 3.05) is 13.1 Å². The maximum Gasteiger partial charge on any atom is 0.255 e. The topological polar surface area (TPSA) is 50.4 Å². The first-order valence-corrected chi connectivity index (χ1v) is 8.62. The van der Waals surface area contributed by atoms with Gasteiger partial charge in [-0.1, -0.05) is 35.3 Å². The van der Waals surface area contributed by atoms with Gasteiger partial charge in [0.25, 0.3) is 5.91 Å². The lowest BCUT2D eigenvalue weighted by Gasteiger charge is -2.24. The van der Waals surface area contributed by atoms with Gasteiger partial charge >= 0.3 is 0 Å². The van der Waals surface area contributed by atoms with Gasteiger partial charge in [0, 0.05) is 11.1 Å². The summed E-state index contributed by atoms with van der Waals surface area (Å²) in [7, 11) is 0. The van der Waals surface area contributed by atoms with Crippen LogP contribution in [0.1, 0.15) is 23.2 Å². The van der Waals surface area contributed by atoms with Crippen molar-refractivity contribution in [2.24, 2.45) is 0 Å². The van der Waals surface area contributed by atoms with Gasteiger partial charge in [0.1, 0.15) is 11.5 Å². The molecule has 2 aromatic rings. The first-order valence-electron chi connectivity index (χ1n) is 7.87. The SMILES string of the molecule is O=C(NC1CCNCC1)c1ccccc1Oc1ccc(Cl)cc1Cl. The minimum atomic E-state index is -0.136. The molecule has 1 saturated heterocycles. The summed E-state index contributed by atoms with van der Waals surface area (Å²) in [6.45, 7) is 1.84. The Labute approximate surface area is 151 Å². The zero-order valence-corrected chi connectivity index (χ0v) is 14.5. The molecule has 2 aromatic carbocycles. The van der Waals surface area contributed by atoms with Gasteiger partial charge in [-0.3, -0.25) is 4.79 Å². The lowest BCUT2D eigenvalue weighted by Crippen LogP contribution is -2.42. The lowest BCUT2D eigenvalue weighted by molar-refractivity contribution is 0.0927. The molecular formula is C18H18Cl2N2O2. The van der Waals surface area contributed by atoms with Gasteiger partial charge in [0.2, 0.25) is 0 Å². The number of piperidine rings is 1. The van der Waals surface area contributed by atoms with E-state index in [0.29, 0.717) is 27.1 Å². The molecule has 0 radical (unpaired) electrons. The molecule has 0 bridgehead atoms. The molecule has 1 aliphatic rings. The van der Waals surface area contributed by atoms with Crippen LogP contribution in [-0.2, 0) is 0 Å². The van der Waals surface area contributed by atoms with Crippen LogP contribution in [0.15, 0.2) is 42.5 Å². The fourth-order valence-corrected chi connectivity index (χ4v) is 3.10. The summed E-state index contributed by atoms with van der Waals surface area (Å²) in [6, 6.07) is 12.3. The van der Waals surface area contributed by atoms with E-state index in [-0.39, 0.29) is 11.9 Å². The van der Waals surface area contributed by atoms with Crippen molar-refractivity contribution < 1.29 is 9.53 Å². The van der Waals surface area contributed by atoms with Crippen molar-refractivity contribution in [3.63, 3.8) is 0 Å². The highest BCUT2D eigenvalue weighted by molar-refractivity contribution is 6.35. The van der Waals surface area contributed by atoms with E-state index >= 15 is 0 Å². The first kappa shape index (κ1) is 17.1. The highest BCUT2D eigenvalue weighted by Gasteiger charge is 2.19. The first-order chi connectivity index (χ1) is 11.6. The number of hydrogen-bond donors (Lipinski definition) is 2. The summed E-state index contributed by atoms with van der Waals surface area (Å²) in [6.07, 6.45) is 1.86. The van der Waals surface area contributed by atoms with Gasteiger partial charge in [-0.2, -0.15) is 0 Å². The summed E-state index contributed by atoms with van der Waals surface area (Å²) >= 11 is 12.1. The van der Waals surface area contributed by atoms with Crippen LogP contribution in [0, 0.1) is 0 Å². The largest absolute Gasteiger partial charge is 0.455 e. The number of halogens is 2. The molecule has 1 heterocycles. The van der Waals surface area contributed by atoms with Crippen LogP contribution < -0.4 is 15.4 Å². The molecular weight excluding hydrogens is 347 g/mol. The molecule has 24 heavy (non-hydrogen) atoms. The molecule has 1 amide bonds. The standard InChI is InChI=1S/C18H18Cl2N2O2/c19-12-5-6-17(15(20)11-12)24-16-4-2-1-3-14(16)18(23)22-13-7-9-21-10-8-13/h1-6,11,13,21H,7-10H2,(H,22,23). The smallest absolute Gasteiger partial charge is 0.255 e. The molecule has 0 atom stereocenters. The Morgan fingerprint density at radius 1 is 1.08 bits per heavy atom. The van der Waals surface area contributed by atoms with Crippen LogP contribution in [0.4, 0.5) is 0 Å². The van der Waals surface area contributed by atoms with E-state index in [0.717, 1.165) is 25.9 Å². The summed E-state index contributed by atoms with van der Waals surface area (Å²) in [5.41, 5.74) is 0.488. The molecule has 0 unspecified atom stereocenters. The zero-order chi connectivity index (χ0) is 16.9. The van der Waals surface area contributed by atoms with Crippen LogP contribution in [0.2, 0.25) is 10.0 Å². The summed E-state index contributed by atoms with van der Waals surface area (Å²) in [4.78, 5) is 12.6. The second-order valence-electron chi connectivity index (χ2n) is 5.67. The minimum absolute atomic E-state index is 0.136. The molecule has 126 valence electrons. The van der Waals surface area contributed by atoms with Crippen molar-refractivity contribution >= 4 is 29.1 Å². The fraction of sp³-hybridized carbons (Fsp3) is 0.278. The monoisotopic (exact) mass is 364 g/mol. The number of nitrogens with one attached hydrogen (secondary N) is 2. The average molecular weight is 365 g/mol. The predicted molar refractivity (Wildman–Crippen MR) is 96.3 cm³/mol. The van der Waals surface area contributed by atoms with Crippen LogP contribution in [0.25, 0.3) is 0 Å². The van der Waals surface area contributed by atoms with E-state index in [9.17, 15) is 4.79 Å². The van der Waals surface area contributed by atoms with Crippen molar-refractivity contribution in [1.82, 2.24) is 10.6 Å². The van der Waals surface area contributed by atoms with Crippen molar-refractivity contribution in [3.05, 3.63) is 58.1 Å². The van der Waals surface area contributed by atoms with Crippen molar-refractivity contribution in [1.29, 1.82) is 0 Å². The van der Waals surface area contributed by atoms with Crippen molar-refractivity contribution in [2.45, 2.75) is 18.9 Å². The number of carbonyl (C=O) groups is 1. The normalized spacial score (nSPS) is 15.1. The number of benzene rings is 2. The quantitative estimate of drug-likeness (QED) is 0.851. The maximum absolute atomic E-state index is 12.6. The Bertz CT molecular complexity index is 731. The third-order valence-electron chi connectivity index (χ3n) is 3.92. The molecule has 0 spiro atoms. The number of hydrogen-bond acceptors (Lipinski definition) is 3. The Kier molecular flexibility index (Phi) is 5.61. The van der Waals surface area contributed by atoms with Crippen LogP contribution >= 0.6 is 23.2 Å². The number of ether oxygens (including phenoxy) is 1. The molecule has 6 heteroatoms. The van der Waals surface area contributed by atoms with Crippen LogP contribution in [-0.4, -0.2) is 25.0 Å². The molecule has 2 N–H and O–H groups in total. The van der Waals surface area contributed by atoms with E-state index in [1.807, 2.05) is 12.1 Å². The molecule has 0 saturated carbocycles. The van der Waals surface area contributed by atoms with E-state index in [1.165, 1.54) is 0 Å². The third kappa shape index (κ3) is 4.20. The molecule has 0 aliphatic carbocycles. The van der Waals surface area contributed by atoms with Gasteiger partial charge in [0.05, 0.1) is 10.6 Å². The number of amides is 1. The molecule has 0 aromatic heterocycles. The molecule has 1 aliphatic heterocycles. The summed E-state index contributed by atoms with van der Waals surface area (Å²) < 4.78 is 5.84. The number of para-hydroxylation sites is 1. The van der Waals surface area contributed by atoms with Gasteiger partial charge < -0.3 is 15.4 Å². The lowest BCUT2D eigenvalue weighted by atomic mass is 10.1. The van der Waals surface area contributed by atoms with E-state index in [4.69, 9.17) is 27.9 Å². The minimum Gasteiger partial charge on any atom is -0.455 e. The highest BCUT2D eigenvalue weighted by Crippen LogP contribution is 2.33. The zero-order valence-electron chi connectivity index (χ0n) is 13.0. The Morgan fingerprint density at radius 3 is 2.58 bits per heavy atom. The molecule has 4 nitrogen and oxygen atoms in total. The van der Waals surface area contributed by atoms with E-state index in [2.05, 4.69) is 10.6 Å². The van der Waals surface area contributed by atoms with Gasteiger partial charge in [0.15, 0.2) is 0 Å². The maximum atomic E-state index is 12.6. The molecule has 1 fully saturated rings. The second-order valence-corrected chi connectivity index (χ2v) is 6.51. The Hall–Kier alpha value is -1.75. The molecule has 3 rings (SSSR count). The van der Waals surface area contributed by atoms with Crippen LogP contribution in [0.3, 0.4) is 0 Å². The number of carbonyl (C=O) groups excluding carboxylic acids is 1. The predicted octanol–water partition coefficient (Wildman–Crippen LogP) is 4.27. The van der Waals surface area contributed by atoms with Crippen molar-refractivity contribution in [3.8, 4) is 11.5 Å². The van der Waals surface area contributed by atoms with Gasteiger partial charge in [-0.15, -0.1) is 0 Å². The van der Waals surface area contributed by atoms with Gasteiger partial charge in [-0.05, 0) is 56.3 Å². The average Bonchev–Trinajstić information content (AvgIpc) is 2.59. The van der Waals surface area contributed by atoms with Crippen LogP contribution in [0.5, 0.6) is 11.5 Å². The summed E-state index contributed by atoms with van der Waals surface area (Å²) in [5, 5.41) is 7.28. The second kappa shape index (κ2) is 7.88. The Morgan fingerprint density at radius 2 is 1.83 bits per heavy atom. The summed E-state index contributed by atoms with van der Waals surface area (Å²) in [5.74, 6) is 0.791. The van der Waals surface area contributed by atoms with E-state index < -0.39 is 0 Å². The Balaban J connectivity index is 1.78. The van der Waals surface area contributed by atoms with Gasteiger partial charge in [-0.25, -0.2) is 0 Å². The number of rotatable bonds is 4. The van der Waals surface area contributed by atoms with E-state index in [1.54, 1.807) is 30.3 Å². The highest BCUT2D eigenvalue weighted by atomic mass is 35.5. The fourth-order valence-electron chi connectivity index (χ4n) is 2.65. The third-order valence-corrected chi connectivity index (χ3v) is 4.45.